The summed E-state index contributed by atoms with van der Waals surface area (Å²) in [6.45, 7) is 3.80. The molecule has 0 radical (unpaired) electrons. The van der Waals surface area contributed by atoms with Crippen molar-refractivity contribution in [1.82, 2.24) is 4.98 Å². The van der Waals surface area contributed by atoms with E-state index in [1.54, 1.807) is 6.20 Å². The van der Waals surface area contributed by atoms with Crippen molar-refractivity contribution >= 4 is 18.3 Å². The van der Waals surface area contributed by atoms with Crippen LogP contribution < -0.4 is 16.0 Å². The van der Waals surface area contributed by atoms with Crippen LogP contribution in [-0.4, -0.2) is 4.98 Å². The van der Waals surface area contributed by atoms with Gasteiger partial charge in [-0.3, -0.25) is 4.98 Å². The first-order chi connectivity index (χ1) is 7.83. The maximum atomic E-state index is 5.68. The van der Waals surface area contributed by atoms with Gasteiger partial charge in [0.05, 0.1) is 5.69 Å². The van der Waals surface area contributed by atoms with Crippen molar-refractivity contribution in [2.45, 2.75) is 0 Å². The van der Waals surface area contributed by atoms with E-state index >= 15 is 0 Å². The standard InChI is InChI=1S/C13H10N2O/c1-9-4-5-10(15-8-9)13-7-11-12(16-13)3-2-6-14-11/h2-8,14H,1H2. The van der Waals surface area contributed by atoms with Gasteiger partial charge >= 0.3 is 0 Å². The Kier molecular flexibility index (Phi) is 1.90. The third-order valence-electron chi connectivity index (χ3n) is 2.42. The number of fused-ring (bicyclic) bond motifs is 1. The molecule has 1 aliphatic heterocycles. The van der Waals surface area contributed by atoms with Crippen LogP contribution in [-0.2, 0) is 0 Å². The predicted octanol–water partition coefficient (Wildman–Crippen LogP) is 1.09. The third kappa shape index (κ3) is 1.42. The zero-order chi connectivity index (χ0) is 11.0. The minimum atomic E-state index is 0.762. The summed E-state index contributed by atoms with van der Waals surface area (Å²) in [6, 6.07) is 5.76. The monoisotopic (exact) mass is 210 g/mol. The summed E-state index contributed by atoms with van der Waals surface area (Å²) in [6.07, 6.45) is 7.42. The molecule has 2 aromatic heterocycles. The molecule has 0 fully saturated rings. The molecular formula is C13H10N2O. The third-order valence-corrected chi connectivity index (χ3v) is 2.42. The summed E-state index contributed by atoms with van der Waals surface area (Å²) < 4.78 is 5.68. The molecule has 3 heterocycles. The quantitative estimate of drug-likeness (QED) is 0.707. The molecule has 0 spiro atoms. The highest BCUT2D eigenvalue weighted by molar-refractivity contribution is 5.55. The molecule has 1 aliphatic rings. The fraction of sp³-hybridized carbons (Fsp3) is 0. The van der Waals surface area contributed by atoms with Crippen molar-refractivity contribution in [3.63, 3.8) is 0 Å². The lowest BCUT2D eigenvalue weighted by Crippen LogP contribution is -2.05. The largest absolute Gasteiger partial charge is 0.453 e. The Morgan fingerprint density at radius 3 is 3.00 bits per heavy atom. The second kappa shape index (κ2) is 3.38. The molecule has 0 aromatic carbocycles. The van der Waals surface area contributed by atoms with Gasteiger partial charge in [0.1, 0.15) is 5.35 Å². The van der Waals surface area contributed by atoms with Gasteiger partial charge in [0.15, 0.2) is 10.8 Å². The number of furan rings is 1. The Bertz CT molecular complexity index is 733. The van der Waals surface area contributed by atoms with E-state index in [9.17, 15) is 0 Å². The molecule has 2 aromatic rings. The van der Waals surface area contributed by atoms with Crippen LogP contribution >= 0.6 is 0 Å². The van der Waals surface area contributed by atoms with Crippen LogP contribution in [0.1, 0.15) is 0 Å². The number of rotatable bonds is 0. The Morgan fingerprint density at radius 1 is 1.31 bits per heavy atom. The molecular weight excluding hydrogens is 200 g/mol. The van der Waals surface area contributed by atoms with E-state index in [4.69, 9.17) is 4.42 Å². The van der Waals surface area contributed by atoms with Crippen LogP contribution in [0.15, 0.2) is 41.1 Å². The second-order valence-electron chi connectivity index (χ2n) is 3.61. The Hall–Kier alpha value is -2.29. The summed E-state index contributed by atoms with van der Waals surface area (Å²) in [7, 11) is 0. The molecule has 3 heteroatoms. The first kappa shape index (κ1) is 8.97. The number of nitrogens with one attached hydrogen (secondary N) is 1. The number of hydrogen-bond acceptors (Lipinski definition) is 3. The van der Waals surface area contributed by atoms with Gasteiger partial charge in [-0.25, -0.2) is 0 Å². The minimum Gasteiger partial charge on any atom is -0.453 e. The zero-order valence-corrected chi connectivity index (χ0v) is 8.60. The van der Waals surface area contributed by atoms with Gasteiger partial charge in [-0.05, 0) is 23.4 Å². The van der Waals surface area contributed by atoms with Crippen molar-refractivity contribution in [3.05, 3.63) is 58.1 Å². The fourth-order valence-corrected chi connectivity index (χ4v) is 1.61. The van der Waals surface area contributed by atoms with Crippen LogP contribution in [0.2, 0.25) is 0 Å². The summed E-state index contributed by atoms with van der Waals surface area (Å²) >= 11 is 0. The molecule has 16 heavy (non-hydrogen) atoms. The molecule has 0 saturated heterocycles. The van der Waals surface area contributed by atoms with Crippen LogP contribution in [0.5, 0.6) is 0 Å². The number of nitrogens with zero attached hydrogens (tertiary/aromatic N) is 1. The molecule has 0 unspecified atom stereocenters. The Morgan fingerprint density at radius 2 is 2.25 bits per heavy atom. The van der Waals surface area contributed by atoms with E-state index in [2.05, 4.69) is 16.9 Å². The molecule has 0 saturated carbocycles. The number of hydrogen-bond donors (Lipinski definition) is 1. The Balaban J connectivity index is 2.36. The summed E-state index contributed by atoms with van der Waals surface area (Å²) in [5.41, 5.74) is 2.56. The van der Waals surface area contributed by atoms with Gasteiger partial charge in [-0.1, -0.05) is 12.6 Å². The molecule has 0 bridgehead atoms. The molecule has 78 valence electrons. The highest BCUT2D eigenvalue weighted by atomic mass is 16.3. The zero-order valence-electron chi connectivity index (χ0n) is 8.60. The average molecular weight is 210 g/mol. The van der Waals surface area contributed by atoms with E-state index < -0.39 is 0 Å². The highest BCUT2D eigenvalue weighted by Crippen LogP contribution is 2.06. The lowest BCUT2D eigenvalue weighted by Gasteiger charge is -1.96. The maximum absolute atomic E-state index is 5.68. The number of pyridine rings is 1. The van der Waals surface area contributed by atoms with Gasteiger partial charge in [-0.2, -0.15) is 0 Å². The van der Waals surface area contributed by atoms with Gasteiger partial charge in [0, 0.05) is 18.5 Å². The van der Waals surface area contributed by atoms with Crippen molar-refractivity contribution in [2.24, 2.45) is 0 Å². The Labute approximate surface area is 91.7 Å². The van der Waals surface area contributed by atoms with E-state index in [1.807, 2.05) is 36.6 Å². The fourth-order valence-electron chi connectivity index (χ4n) is 1.61. The van der Waals surface area contributed by atoms with Crippen LogP contribution in [0, 0.1) is 10.8 Å². The average Bonchev–Trinajstić information content (AvgIpc) is 2.73. The van der Waals surface area contributed by atoms with E-state index in [0.29, 0.717) is 0 Å². The molecule has 3 nitrogen and oxygen atoms in total. The van der Waals surface area contributed by atoms with Gasteiger partial charge in [0.25, 0.3) is 0 Å². The van der Waals surface area contributed by atoms with E-state index in [-0.39, 0.29) is 0 Å². The smallest absolute Gasteiger partial charge is 0.155 e. The SMILES string of the molecule is C=c1ccc(=c2cc3c(o2)=CC=CN3)nc1. The lowest BCUT2D eigenvalue weighted by atomic mass is 10.3. The van der Waals surface area contributed by atoms with E-state index in [0.717, 1.165) is 27.1 Å². The number of anilines is 1. The van der Waals surface area contributed by atoms with Crippen molar-refractivity contribution in [2.75, 3.05) is 5.32 Å². The van der Waals surface area contributed by atoms with E-state index in [1.165, 1.54) is 0 Å². The molecule has 0 atom stereocenters. The molecule has 3 rings (SSSR count). The molecule has 0 aliphatic carbocycles. The topological polar surface area (TPSA) is 38.1 Å². The van der Waals surface area contributed by atoms with Crippen molar-refractivity contribution < 1.29 is 4.42 Å². The molecule has 1 N–H and O–H groups in total. The van der Waals surface area contributed by atoms with Gasteiger partial charge < -0.3 is 9.73 Å². The number of allylic oxidation sites excluding steroid dienone is 1. The normalized spacial score (nSPS) is 15.0. The highest BCUT2D eigenvalue weighted by Gasteiger charge is 2.01. The number of aromatic nitrogens is 1. The minimum absolute atomic E-state index is 0.762. The maximum Gasteiger partial charge on any atom is 0.155 e. The van der Waals surface area contributed by atoms with Crippen LogP contribution in [0.4, 0.5) is 5.69 Å². The lowest BCUT2D eigenvalue weighted by molar-refractivity contribution is 0.504. The summed E-state index contributed by atoms with van der Waals surface area (Å²) in [5, 5.41) is 4.83. The van der Waals surface area contributed by atoms with Crippen molar-refractivity contribution in [3.8, 4) is 0 Å². The van der Waals surface area contributed by atoms with Crippen LogP contribution in [0.25, 0.3) is 12.7 Å². The first-order valence-electron chi connectivity index (χ1n) is 5.01. The van der Waals surface area contributed by atoms with Gasteiger partial charge in [0.2, 0.25) is 0 Å². The predicted molar refractivity (Wildman–Crippen MR) is 62.6 cm³/mol. The van der Waals surface area contributed by atoms with Gasteiger partial charge in [-0.15, -0.1) is 0 Å². The summed E-state index contributed by atoms with van der Waals surface area (Å²) in [5.74, 6) is 0. The first-order valence-corrected chi connectivity index (χ1v) is 5.01. The molecule has 0 amide bonds. The summed E-state index contributed by atoms with van der Waals surface area (Å²) in [4.78, 5) is 4.27. The second-order valence-corrected chi connectivity index (χ2v) is 3.61. The van der Waals surface area contributed by atoms with Crippen molar-refractivity contribution in [1.29, 1.82) is 0 Å². The van der Waals surface area contributed by atoms with Crippen LogP contribution in [0.3, 0.4) is 0 Å².